The average Bonchev–Trinajstić information content (AvgIpc) is 3.30. The van der Waals surface area contributed by atoms with Gasteiger partial charge in [-0.15, -0.1) is 0 Å². The number of carboxylic acid groups (broad SMARTS) is 1. The van der Waals surface area contributed by atoms with Crippen LogP contribution in [0.4, 0.5) is 4.39 Å². The molecule has 186 valence electrons. The first-order valence-electron chi connectivity index (χ1n) is 13.2. The molecular formula is C28H38FNO4. The highest BCUT2D eigenvalue weighted by Crippen LogP contribution is 2.41. The maximum absolute atomic E-state index is 14.6. The maximum atomic E-state index is 14.6. The van der Waals surface area contributed by atoms with Gasteiger partial charge in [0.05, 0.1) is 11.6 Å². The summed E-state index contributed by atoms with van der Waals surface area (Å²) in [6.45, 7) is 2.82. The number of carbonyl (C=O) groups excluding carboxylic acids is 2. The molecule has 0 radical (unpaired) electrons. The van der Waals surface area contributed by atoms with Gasteiger partial charge in [0.25, 0.3) is 0 Å². The first-order chi connectivity index (χ1) is 16.4. The molecule has 0 spiro atoms. The SMILES string of the molecule is CCC1CCC(C(=O)N2CC[C@@H](C3CCCCC3)[C@H]2C(=O)Cc2ccc(C(=O)O)cc2F)CC1. The largest absolute Gasteiger partial charge is 0.478 e. The first-order valence-corrected chi connectivity index (χ1v) is 13.2. The summed E-state index contributed by atoms with van der Waals surface area (Å²) >= 11 is 0. The molecule has 2 aliphatic carbocycles. The van der Waals surface area contributed by atoms with E-state index in [0.717, 1.165) is 57.4 Å². The van der Waals surface area contributed by atoms with Gasteiger partial charge >= 0.3 is 5.97 Å². The van der Waals surface area contributed by atoms with E-state index in [2.05, 4.69) is 6.92 Å². The average molecular weight is 472 g/mol. The van der Waals surface area contributed by atoms with Gasteiger partial charge in [-0.1, -0.05) is 51.5 Å². The normalized spacial score (nSPS) is 28.1. The van der Waals surface area contributed by atoms with Crippen molar-refractivity contribution in [1.29, 1.82) is 0 Å². The number of rotatable bonds is 7. The van der Waals surface area contributed by atoms with Crippen LogP contribution >= 0.6 is 0 Å². The number of hydrogen-bond donors (Lipinski definition) is 1. The summed E-state index contributed by atoms with van der Waals surface area (Å²) in [6, 6.07) is 3.24. The molecule has 2 saturated carbocycles. The number of aromatic carboxylic acids is 1. The summed E-state index contributed by atoms with van der Waals surface area (Å²) in [4.78, 5) is 40.3. The molecule has 5 nitrogen and oxygen atoms in total. The number of nitrogens with zero attached hydrogens (tertiary/aromatic N) is 1. The van der Waals surface area contributed by atoms with E-state index in [1.807, 2.05) is 4.90 Å². The van der Waals surface area contributed by atoms with Gasteiger partial charge in [0, 0.05) is 18.9 Å². The van der Waals surface area contributed by atoms with Crippen molar-refractivity contribution in [2.45, 2.75) is 90.0 Å². The lowest BCUT2D eigenvalue weighted by Crippen LogP contribution is -2.48. The predicted molar refractivity (Wildman–Crippen MR) is 128 cm³/mol. The second kappa shape index (κ2) is 11.0. The minimum atomic E-state index is -1.19. The highest BCUT2D eigenvalue weighted by atomic mass is 19.1. The van der Waals surface area contributed by atoms with E-state index < -0.39 is 17.8 Å². The molecule has 6 heteroatoms. The first kappa shape index (κ1) is 24.9. The molecule has 2 atom stereocenters. The van der Waals surface area contributed by atoms with E-state index >= 15 is 0 Å². The molecule has 1 heterocycles. The Bertz CT molecular complexity index is 902. The minimum absolute atomic E-state index is 0.00482. The highest BCUT2D eigenvalue weighted by molar-refractivity contribution is 5.92. The monoisotopic (exact) mass is 471 g/mol. The summed E-state index contributed by atoms with van der Waals surface area (Å²) in [6.07, 6.45) is 11.6. The van der Waals surface area contributed by atoms with Crippen molar-refractivity contribution < 1.29 is 23.9 Å². The Morgan fingerprint density at radius 2 is 1.71 bits per heavy atom. The molecule has 1 saturated heterocycles. The zero-order valence-electron chi connectivity index (χ0n) is 20.3. The van der Waals surface area contributed by atoms with Crippen LogP contribution < -0.4 is 0 Å². The van der Waals surface area contributed by atoms with Gasteiger partial charge in [-0.25, -0.2) is 9.18 Å². The molecule has 4 rings (SSSR count). The number of halogens is 1. The Kier molecular flexibility index (Phi) is 8.05. The number of carboxylic acids is 1. The third kappa shape index (κ3) is 5.36. The van der Waals surface area contributed by atoms with E-state index in [1.165, 1.54) is 31.4 Å². The lowest BCUT2D eigenvalue weighted by Gasteiger charge is -2.36. The maximum Gasteiger partial charge on any atom is 0.335 e. The fourth-order valence-corrected chi connectivity index (χ4v) is 6.70. The fraction of sp³-hybridized carbons (Fsp3) is 0.679. The van der Waals surface area contributed by atoms with Gasteiger partial charge in [0.1, 0.15) is 5.82 Å². The summed E-state index contributed by atoms with van der Waals surface area (Å²) in [5, 5.41) is 9.11. The molecule has 0 aromatic heterocycles. The van der Waals surface area contributed by atoms with Gasteiger partial charge in [-0.05, 0) is 67.6 Å². The Labute approximate surface area is 202 Å². The number of hydrogen-bond acceptors (Lipinski definition) is 3. The summed E-state index contributed by atoms with van der Waals surface area (Å²) < 4.78 is 14.6. The molecule has 0 unspecified atom stereocenters. The van der Waals surface area contributed by atoms with Crippen molar-refractivity contribution in [3.05, 3.63) is 35.1 Å². The lowest BCUT2D eigenvalue weighted by atomic mass is 9.75. The third-order valence-corrected chi connectivity index (χ3v) is 8.75. The smallest absolute Gasteiger partial charge is 0.335 e. The summed E-state index contributed by atoms with van der Waals surface area (Å²) in [5.74, 6) is -0.573. The lowest BCUT2D eigenvalue weighted by molar-refractivity contribution is -0.143. The molecule has 34 heavy (non-hydrogen) atoms. The van der Waals surface area contributed by atoms with Crippen molar-refractivity contribution in [2.24, 2.45) is 23.7 Å². The van der Waals surface area contributed by atoms with Crippen LogP contribution in [-0.4, -0.2) is 40.3 Å². The van der Waals surface area contributed by atoms with Crippen LogP contribution in [0.5, 0.6) is 0 Å². The van der Waals surface area contributed by atoms with E-state index in [0.29, 0.717) is 18.4 Å². The quantitative estimate of drug-likeness (QED) is 0.558. The molecule has 1 aromatic rings. The molecular weight excluding hydrogens is 433 g/mol. The number of benzene rings is 1. The second-order valence-electron chi connectivity index (χ2n) is 10.7. The van der Waals surface area contributed by atoms with Crippen LogP contribution in [0.3, 0.4) is 0 Å². The second-order valence-corrected chi connectivity index (χ2v) is 10.7. The van der Waals surface area contributed by atoms with E-state index in [9.17, 15) is 18.8 Å². The molecule has 3 fully saturated rings. The Morgan fingerprint density at radius 3 is 2.32 bits per heavy atom. The van der Waals surface area contributed by atoms with Crippen LogP contribution in [0.1, 0.15) is 93.5 Å². The highest BCUT2D eigenvalue weighted by Gasteiger charge is 2.46. The van der Waals surface area contributed by atoms with Crippen LogP contribution in [0, 0.1) is 29.5 Å². The fourth-order valence-electron chi connectivity index (χ4n) is 6.70. The summed E-state index contributed by atoms with van der Waals surface area (Å²) in [7, 11) is 0. The number of likely N-dealkylation sites (tertiary alicyclic amines) is 1. The Morgan fingerprint density at radius 1 is 1.00 bits per heavy atom. The summed E-state index contributed by atoms with van der Waals surface area (Å²) in [5.41, 5.74) is 0.0780. The van der Waals surface area contributed by atoms with Crippen molar-refractivity contribution in [2.75, 3.05) is 6.54 Å². The van der Waals surface area contributed by atoms with Gasteiger partial charge in [0.2, 0.25) is 5.91 Å². The van der Waals surface area contributed by atoms with Crippen LogP contribution in [-0.2, 0) is 16.0 Å². The van der Waals surface area contributed by atoms with E-state index in [1.54, 1.807) is 0 Å². The van der Waals surface area contributed by atoms with E-state index in [4.69, 9.17) is 5.11 Å². The van der Waals surface area contributed by atoms with Crippen molar-refractivity contribution >= 4 is 17.7 Å². The topological polar surface area (TPSA) is 74.7 Å². The molecule has 0 bridgehead atoms. The van der Waals surface area contributed by atoms with Crippen LogP contribution in [0.25, 0.3) is 0 Å². The zero-order chi connectivity index (χ0) is 24.2. The van der Waals surface area contributed by atoms with E-state index in [-0.39, 0.29) is 41.1 Å². The molecule has 1 amide bonds. The van der Waals surface area contributed by atoms with Crippen LogP contribution in [0.15, 0.2) is 18.2 Å². The molecule has 1 aliphatic heterocycles. The standard InChI is InChI=1S/C28H38FNO4/c1-2-18-8-10-20(11-9-18)27(32)30-15-14-23(19-6-4-3-5-7-19)26(30)25(31)17-21-12-13-22(28(33)34)16-24(21)29/h12-13,16,18-20,23,26H,2-11,14-15,17H2,1H3,(H,33,34)/t18?,20?,23-,26-/m0/s1. The van der Waals surface area contributed by atoms with Gasteiger partial charge in [-0.2, -0.15) is 0 Å². The van der Waals surface area contributed by atoms with Gasteiger partial charge in [-0.3, -0.25) is 9.59 Å². The van der Waals surface area contributed by atoms with Crippen LogP contribution in [0.2, 0.25) is 0 Å². The zero-order valence-corrected chi connectivity index (χ0v) is 20.3. The Hall–Kier alpha value is -2.24. The Balaban J connectivity index is 1.54. The number of amides is 1. The minimum Gasteiger partial charge on any atom is -0.478 e. The number of Topliss-reactive ketones (excluding diaryl/α,β-unsaturated/α-hetero) is 1. The molecule has 1 N–H and O–H groups in total. The van der Waals surface area contributed by atoms with Gasteiger partial charge < -0.3 is 10.0 Å². The number of carbonyl (C=O) groups is 3. The third-order valence-electron chi connectivity index (χ3n) is 8.75. The van der Waals surface area contributed by atoms with Crippen molar-refractivity contribution in [1.82, 2.24) is 4.90 Å². The molecule has 3 aliphatic rings. The predicted octanol–water partition coefficient (Wildman–Crippen LogP) is 5.65. The van der Waals surface area contributed by atoms with Gasteiger partial charge in [0.15, 0.2) is 5.78 Å². The number of ketones is 1. The van der Waals surface area contributed by atoms with Crippen molar-refractivity contribution in [3.63, 3.8) is 0 Å². The molecule has 1 aromatic carbocycles. The van der Waals surface area contributed by atoms with Crippen molar-refractivity contribution in [3.8, 4) is 0 Å².